The molecule has 1 atom stereocenters. The van der Waals surface area contributed by atoms with E-state index in [-0.39, 0.29) is 11.9 Å². The lowest BCUT2D eigenvalue weighted by Crippen LogP contribution is -2.37. The molecule has 1 aliphatic heterocycles. The van der Waals surface area contributed by atoms with Gasteiger partial charge < -0.3 is 4.90 Å². The molecule has 1 amide bonds. The highest BCUT2D eigenvalue weighted by Gasteiger charge is 2.31. The molecular weight excluding hydrogens is 470 g/mol. The molecule has 6 heteroatoms. The molecule has 3 heterocycles. The molecule has 0 radical (unpaired) electrons. The van der Waals surface area contributed by atoms with E-state index in [0.717, 1.165) is 53.5 Å². The zero-order valence-corrected chi connectivity index (χ0v) is 21.6. The van der Waals surface area contributed by atoms with Crippen molar-refractivity contribution in [2.24, 2.45) is 0 Å². The summed E-state index contributed by atoms with van der Waals surface area (Å²) in [4.78, 5) is 28.0. The molecule has 35 heavy (non-hydrogen) atoms. The summed E-state index contributed by atoms with van der Waals surface area (Å²) in [5.41, 5.74) is 5.06. The standard InChI is InChI=1S/C29H29N3OS2/c1-19-17-21-11-5-7-13-23(21)32(19)26(33)18-34-28-27-22-12-6-8-14-24(22)35-29(27)31-25(30-28)16-15-20-9-3-2-4-10-20/h2-5,7,9-11,13,19H,6,8,12,14-18H2,1H3/t19-/m0/s1. The Hall–Kier alpha value is -2.70. The number of rotatable bonds is 6. The van der Waals surface area contributed by atoms with Gasteiger partial charge in [-0.05, 0) is 68.2 Å². The molecular formula is C29H29N3OS2. The van der Waals surface area contributed by atoms with E-state index in [1.807, 2.05) is 28.4 Å². The van der Waals surface area contributed by atoms with E-state index in [1.54, 1.807) is 11.8 Å². The number of amides is 1. The molecule has 0 fully saturated rings. The summed E-state index contributed by atoms with van der Waals surface area (Å²) in [6.07, 6.45) is 7.36. The van der Waals surface area contributed by atoms with Gasteiger partial charge >= 0.3 is 0 Å². The molecule has 4 nitrogen and oxygen atoms in total. The third-order valence-corrected chi connectivity index (χ3v) is 9.26. The predicted molar refractivity (Wildman–Crippen MR) is 146 cm³/mol. The first kappa shape index (κ1) is 22.7. The van der Waals surface area contributed by atoms with Gasteiger partial charge in [-0.15, -0.1) is 11.3 Å². The number of hydrogen-bond donors (Lipinski definition) is 0. The Balaban J connectivity index is 1.28. The number of nitrogens with zero attached hydrogens (tertiary/aromatic N) is 3. The highest BCUT2D eigenvalue weighted by atomic mass is 32.2. The topological polar surface area (TPSA) is 46.1 Å². The summed E-state index contributed by atoms with van der Waals surface area (Å²) < 4.78 is 0. The van der Waals surface area contributed by atoms with Crippen molar-refractivity contribution in [2.45, 2.75) is 62.9 Å². The molecule has 0 saturated carbocycles. The van der Waals surface area contributed by atoms with Crippen molar-refractivity contribution in [3.63, 3.8) is 0 Å². The van der Waals surface area contributed by atoms with Gasteiger partial charge in [0.05, 0.1) is 5.75 Å². The van der Waals surface area contributed by atoms with E-state index in [2.05, 4.69) is 49.4 Å². The van der Waals surface area contributed by atoms with Crippen molar-refractivity contribution in [2.75, 3.05) is 10.7 Å². The van der Waals surface area contributed by atoms with Gasteiger partial charge in [0.25, 0.3) is 0 Å². The van der Waals surface area contributed by atoms with Gasteiger partial charge in [0.1, 0.15) is 15.7 Å². The zero-order chi connectivity index (χ0) is 23.8. The number of benzene rings is 2. The first-order valence-corrected chi connectivity index (χ1v) is 14.4. The summed E-state index contributed by atoms with van der Waals surface area (Å²) in [5.74, 6) is 1.44. The van der Waals surface area contributed by atoms with E-state index in [1.165, 1.54) is 39.8 Å². The van der Waals surface area contributed by atoms with E-state index < -0.39 is 0 Å². The summed E-state index contributed by atoms with van der Waals surface area (Å²) in [6.45, 7) is 2.14. The quantitative estimate of drug-likeness (QED) is 0.227. The van der Waals surface area contributed by atoms with Crippen LogP contribution in [0.2, 0.25) is 0 Å². The third kappa shape index (κ3) is 4.50. The lowest BCUT2D eigenvalue weighted by Gasteiger charge is -2.22. The molecule has 1 aliphatic carbocycles. The van der Waals surface area contributed by atoms with Crippen molar-refractivity contribution < 1.29 is 4.79 Å². The average Bonchev–Trinajstić information content (AvgIpc) is 3.43. The van der Waals surface area contributed by atoms with Gasteiger partial charge in [-0.2, -0.15) is 0 Å². The number of para-hydroxylation sites is 1. The molecule has 0 spiro atoms. The minimum Gasteiger partial charge on any atom is -0.308 e. The first-order chi connectivity index (χ1) is 17.2. The Labute approximate surface area is 214 Å². The molecule has 178 valence electrons. The van der Waals surface area contributed by atoms with Crippen molar-refractivity contribution in [1.29, 1.82) is 0 Å². The molecule has 6 rings (SSSR count). The van der Waals surface area contributed by atoms with Crippen LogP contribution in [0.5, 0.6) is 0 Å². The molecule has 4 aromatic rings. The fourth-order valence-electron chi connectivity index (χ4n) is 5.43. The number of anilines is 1. The Morgan fingerprint density at radius 1 is 1.03 bits per heavy atom. The SMILES string of the molecule is C[C@H]1Cc2ccccc2N1C(=O)CSc1nc(CCc2ccccc2)nc2sc3c(c12)CCCC3. The van der Waals surface area contributed by atoms with Crippen molar-refractivity contribution in [3.8, 4) is 0 Å². The second kappa shape index (κ2) is 9.75. The van der Waals surface area contributed by atoms with Crippen molar-refractivity contribution in [1.82, 2.24) is 9.97 Å². The molecule has 0 unspecified atom stereocenters. The summed E-state index contributed by atoms with van der Waals surface area (Å²) in [5, 5.41) is 2.20. The summed E-state index contributed by atoms with van der Waals surface area (Å²) >= 11 is 3.44. The Kier molecular flexibility index (Phi) is 6.33. The van der Waals surface area contributed by atoms with E-state index in [0.29, 0.717) is 5.75 Å². The van der Waals surface area contributed by atoms with Gasteiger partial charge in [0, 0.05) is 28.4 Å². The second-order valence-corrected chi connectivity index (χ2v) is 11.6. The minimum atomic E-state index is 0.161. The van der Waals surface area contributed by atoms with Gasteiger partial charge in [-0.25, -0.2) is 9.97 Å². The minimum absolute atomic E-state index is 0.161. The van der Waals surface area contributed by atoms with E-state index >= 15 is 0 Å². The lowest BCUT2D eigenvalue weighted by atomic mass is 9.97. The number of aryl methyl sites for hydroxylation is 4. The van der Waals surface area contributed by atoms with Crippen LogP contribution in [-0.4, -0.2) is 27.7 Å². The normalized spacial score (nSPS) is 16.9. The van der Waals surface area contributed by atoms with Crippen LogP contribution in [0.4, 0.5) is 5.69 Å². The number of carbonyl (C=O) groups is 1. The van der Waals surface area contributed by atoms with Crippen LogP contribution in [0.3, 0.4) is 0 Å². The zero-order valence-electron chi connectivity index (χ0n) is 20.0. The largest absolute Gasteiger partial charge is 0.308 e. The van der Waals surface area contributed by atoms with Crippen LogP contribution in [-0.2, 0) is 36.9 Å². The highest BCUT2D eigenvalue weighted by molar-refractivity contribution is 8.00. The fourth-order valence-corrected chi connectivity index (χ4v) is 7.71. The average molecular weight is 500 g/mol. The van der Waals surface area contributed by atoms with Crippen LogP contribution in [0, 0.1) is 0 Å². The molecule has 2 aliphatic rings. The summed E-state index contributed by atoms with van der Waals surface area (Å²) in [7, 11) is 0. The number of fused-ring (bicyclic) bond motifs is 4. The van der Waals surface area contributed by atoms with Crippen LogP contribution in [0.25, 0.3) is 10.2 Å². The maximum atomic E-state index is 13.4. The number of thioether (sulfide) groups is 1. The van der Waals surface area contributed by atoms with Crippen LogP contribution < -0.4 is 4.90 Å². The Morgan fingerprint density at radius 3 is 2.71 bits per heavy atom. The maximum absolute atomic E-state index is 13.4. The van der Waals surface area contributed by atoms with Gasteiger partial charge in [-0.1, -0.05) is 60.3 Å². The van der Waals surface area contributed by atoms with Gasteiger partial charge in [0.2, 0.25) is 5.91 Å². The molecule has 2 aromatic carbocycles. The molecule has 0 bridgehead atoms. The fraction of sp³-hybridized carbons (Fsp3) is 0.345. The van der Waals surface area contributed by atoms with Crippen molar-refractivity contribution >= 4 is 44.9 Å². The Morgan fingerprint density at radius 2 is 1.83 bits per heavy atom. The monoisotopic (exact) mass is 499 g/mol. The Bertz CT molecular complexity index is 1380. The van der Waals surface area contributed by atoms with Crippen LogP contribution in [0.15, 0.2) is 59.6 Å². The number of aromatic nitrogens is 2. The van der Waals surface area contributed by atoms with Gasteiger partial charge in [-0.3, -0.25) is 4.79 Å². The number of hydrogen-bond acceptors (Lipinski definition) is 5. The first-order valence-electron chi connectivity index (χ1n) is 12.5. The van der Waals surface area contributed by atoms with Gasteiger partial charge in [0.15, 0.2) is 0 Å². The summed E-state index contributed by atoms with van der Waals surface area (Å²) in [6, 6.07) is 19.0. The molecule has 0 N–H and O–H groups in total. The maximum Gasteiger partial charge on any atom is 0.237 e. The van der Waals surface area contributed by atoms with Crippen LogP contribution in [0.1, 0.15) is 47.2 Å². The predicted octanol–water partition coefficient (Wildman–Crippen LogP) is 6.43. The third-order valence-electron chi connectivity index (χ3n) is 7.12. The molecule has 2 aromatic heterocycles. The van der Waals surface area contributed by atoms with Crippen molar-refractivity contribution in [3.05, 3.63) is 82.0 Å². The lowest BCUT2D eigenvalue weighted by molar-refractivity contribution is -0.116. The van der Waals surface area contributed by atoms with E-state index in [4.69, 9.17) is 9.97 Å². The highest BCUT2D eigenvalue weighted by Crippen LogP contribution is 2.40. The second-order valence-electron chi connectivity index (χ2n) is 9.56. The number of carbonyl (C=O) groups excluding carboxylic acids is 1. The number of thiophene rings is 1. The van der Waals surface area contributed by atoms with Crippen LogP contribution >= 0.6 is 23.1 Å². The smallest absolute Gasteiger partial charge is 0.237 e. The molecule has 0 saturated heterocycles. The van der Waals surface area contributed by atoms with E-state index in [9.17, 15) is 4.79 Å².